The van der Waals surface area contributed by atoms with Gasteiger partial charge in [-0.3, -0.25) is 4.68 Å². The Labute approximate surface area is 122 Å². The molecule has 1 N–H and O–H groups in total. The van der Waals surface area contributed by atoms with Gasteiger partial charge in [0, 0.05) is 18.2 Å². The summed E-state index contributed by atoms with van der Waals surface area (Å²) in [5.41, 5.74) is 1.57. The Hall–Kier alpha value is -2.47. The summed E-state index contributed by atoms with van der Waals surface area (Å²) in [5.74, 6) is 1.12. The smallest absolute Gasteiger partial charge is 0.237 e. The zero-order chi connectivity index (χ0) is 14.7. The molecule has 21 heavy (non-hydrogen) atoms. The monoisotopic (exact) mass is 284 g/mol. The van der Waals surface area contributed by atoms with Crippen molar-refractivity contribution in [3.8, 4) is 0 Å². The fourth-order valence-electron chi connectivity index (χ4n) is 2.07. The van der Waals surface area contributed by atoms with E-state index in [1.165, 1.54) is 0 Å². The zero-order valence-corrected chi connectivity index (χ0v) is 11.7. The molecule has 0 saturated carbocycles. The first kappa shape index (κ1) is 13.5. The maximum atomic E-state index is 10.3. The number of hydrogen-bond acceptors (Lipinski definition) is 5. The quantitative estimate of drug-likeness (QED) is 0.775. The van der Waals surface area contributed by atoms with Gasteiger partial charge in [0.15, 0.2) is 0 Å². The number of benzene rings is 1. The van der Waals surface area contributed by atoms with Gasteiger partial charge in [0.05, 0.1) is 6.20 Å². The third-order valence-electron chi connectivity index (χ3n) is 3.19. The first-order valence-electron chi connectivity index (χ1n) is 6.83. The Kier molecular flexibility index (Phi) is 3.79. The van der Waals surface area contributed by atoms with Gasteiger partial charge in [-0.2, -0.15) is 5.10 Å². The van der Waals surface area contributed by atoms with Crippen LogP contribution in [0.15, 0.2) is 47.1 Å². The van der Waals surface area contributed by atoms with Crippen LogP contribution in [0.2, 0.25) is 0 Å². The molecule has 0 fully saturated rings. The van der Waals surface area contributed by atoms with Crippen molar-refractivity contribution in [1.82, 2.24) is 20.0 Å². The second kappa shape index (κ2) is 5.88. The average Bonchev–Trinajstić information content (AvgIpc) is 3.17. The van der Waals surface area contributed by atoms with Crippen LogP contribution in [0.5, 0.6) is 0 Å². The first-order chi connectivity index (χ1) is 10.3. The van der Waals surface area contributed by atoms with Gasteiger partial charge in [-0.05, 0) is 5.56 Å². The van der Waals surface area contributed by atoms with Crippen molar-refractivity contribution in [3.63, 3.8) is 0 Å². The number of nitrogens with zero attached hydrogens (tertiary/aromatic N) is 4. The molecule has 3 rings (SSSR count). The standard InChI is InChI=1S/C15H16N4O2/c1-2-13-17-18-14(21-13)10-19-9-12(8-16-19)15(20)11-6-4-3-5-7-11/h3-9,15,20H,2,10H2,1H3. The van der Waals surface area contributed by atoms with Crippen molar-refractivity contribution in [2.45, 2.75) is 26.0 Å². The summed E-state index contributed by atoms with van der Waals surface area (Å²) in [6, 6.07) is 9.48. The van der Waals surface area contributed by atoms with Gasteiger partial charge in [-0.25, -0.2) is 0 Å². The average molecular weight is 284 g/mol. The van der Waals surface area contributed by atoms with Crippen molar-refractivity contribution >= 4 is 0 Å². The predicted molar refractivity (Wildman–Crippen MR) is 75.5 cm³/mol. The lowest BCUT2D eigenvalue weighted by molar-refractivity contribution is 0.220. The lowest BCUT2D eigenvalue weighted by Gasteiger charge is -2.07. The molecule has 0 spiro atoms. The highest BCUT2D eigenvalue weighted by Gasteiger charge is 2.13. The molecular formula is C15H16N4O2. The summed E-state index contributed by atoms with van der Waals surface area (Å²) < 4.78 is 7.12. The fourth-order valence-corrected chi connectivity index (χ4v) is 2.07. The van der Waals surface area contributed by atoms with E-state index in [1.54, 1.807) is 17.1 Å². The Bertz CT molecular complexity index is 705. The number of aliphatic hydroxyl groups excluding tert-OH is 1. The Balaban J connectivity index is 1.74. The van der Waals surface area contributed by atoms with Crippen molar-refractivity contribution in [1.29, 1.82) is 0 Å². The molecule has 0 bridgehead atoms. The minimum absolute atomic E-state index is 0.397. The maximum Gasteiger partial charge on any atom is 0.237 e. The minimum atomic E-state index is -0.686. The van der Waals surface area contributed by atoms with Crippen LogP contribution in [0.25, 0.3) is 0 Å². The largest absolute Gasteiger partial charge is 0.423 e. The van der Waals surface area contributed by atoms with Crippen molar-refractivity contribution in [2.24, 2.45) is 0 Å². The molecule has 1 aromatic carbocycles. The number of aromatic nitrogens is 4. The molecule has 6 nitrogen and oxygen atoms in total. The molecule has 3 aromatic rings. The van der Waals surface area contributed by atoms with Crippen molar-refractivity contribution in [2.75, 3.05) is 0 Å². The van der Waals surface area contributed by atoms with Gasteiger partial charge in [-0.1, -0.05) is 37.3 Å². The van der Waals surface area contributed by atoms with Gasteiger partial charge in [-0.15, -0.1) is 10.2 Å². The van der Waals surface area contributed by atoms with Gasteiger partial charge < -0.3 is 9.52 Å². The van der Waals surface area contributed by atoms with Gasteiger partial charge in [0.25, 0.3) is 0 Å². The number of rotatable bonds is 5. The highest BCUT2D eigenvalue weighted by molar-refractivity contribution is 5.26. The molecule has 0 radical (unpaired) electrons. The minimum Gasteiger partial charge on any atom is -0.423 e. The summed E-state index contributed by atoms with van der Waals surface area (Å²) in [5, 5.41) is 22.4. The van der Waals surface area contributed by atoms with Gasteiger partial charge in [0.2, 0.25) is 11.8 Å². The summed E-state index contributed by atoms with van der Waals surface area (Å²) in [6.45, 7) is 2.36. The maximum absolute atomic E-state index is 10.3. The van der Waals surface area contributed by atoms with E-state index in [0.717, 1.165) is 11.1 Å². The summed E-state index contributed by atoms with van der Waals surface area (Å²) >= 11 is 0. The van der Waals surface area contributed by atoms with Crippen LogP contribution in [0.3, 0.4) is 0 Å². The molecule has 0 aliphatic rings. The highest BCUT2D eigenvalue weighted by Crippen LogP contribution is 2.21. The molecule has 6 heteroatoms. The molecule has 1 unspecified atom stereocenters. The predicted octanol–water partition coefficient (Wildman–Crippen LogP) is 1.96. The molecule has 0 aliphatic carbocycles. The lowest BCUT2D eigenvalue weighted by atomic mass is 10.1. The van der Waals surface area contributed by atoms with Crippen LogP contribution in [0.1, 0.15) is 35.9 Å². The van der Waals surface area contributed by atoms with E-state index >= 15 is 0 Å². The van der Waals surface area contributed by atoms with E-state index in [4.69, 9.17) is 4.42 Å². The normalized spacial score (nSPS) is 12.5. The molecule has 2 aromatic heterocycles. The van der Waals surface area contributed by atoms with Crippen LogP contribution in [0, 0.1) is 0 Å². The molecule has 0 saturated heterocycles. The van der Waals surface area contributed by atoms with Crippen LogP contribution < -0.4 is 0 Å². The fraction of sp³-hybridized carbons (Fsp3) is 0.267. The van der Waals surface area contributed by atoms with Gasteiger partial charge in [0.1, 0.15) is 12.6 Å². The summed E-state index contributed by atoms with van der Waals surface area (Å²) in [7, 11) is 0. The van der Waals surface area contributed by atoms with Crippen molar-refractivity contribution < 1.29 is 9.52 Å². The van der Waals surface area contributed by atoms with Crippen LogP contribution in [-0.2, 0) is 13.0 Å². The number of aliphatic hydroxyl groups is 1. The van der Waals surface area contributed by atoms with Crippen LogP contribution in [0.4, 0.5) is 0 Å². The van der Waals surface area contributed by atoms with Crippen molar-refractivity contribution in [3.05, 3.63) is 65.6 Å². The number of aryl methyl sites for hydroxylation is 1. The van der Waals surface area contributed by atoms with Gasteiger partial charge >= 0.3 is 0 Å². The second-order valence-electron chi connectivity index (χ2n) is 4.73. The van der Waals surface area contributed by atoms with E-state index in [0.29, 0.717) is 24.7 Å². The molecule has 2 heterocycles. The van der Waals surface area contributed by atoms with E-state index in [-0.39, 0.29) is 0 Å². The zero-order valence-electron chi connectivity index (χ0n) is 11.7. The third-order valence-corrected chi connectivity index (χ3v) is 3.19. The molecule has 0 amide bonds. The number of hydrogen-bond donors (Lipinski definition) is 1. The first-order valence-corrected chi connectivity index (χ1v) is 6.83. The third kappa shape index (κ3) is 3.00. The Morgan fingerprint density at radius 1 is 1.14 bits per heavy atom. The molecule has 0 aliphatic heterocycles. The summed E-state index contributed by atoms with van der Waals surface area (Å²) in [6.07, 6.45) is 3.46. The second-order valence-corrected chi connectivity index (χ2v) is 4.73. The molecule has 1 atom stereocenters. The van der Waals surface area contributed by atoms with E-state index in [1.807, 2.05) is 37.3 Å². The van der Waals surface area contributed by atoms with E-state index in [9.17, 15) is 5.11 Å². The molecular weight excluding hydrogens is 268 g/mol. The highest BCUT2D eigenvalue weighted by atomic mass is 16.4. The van der Waals surface area contributed by atoms with E-state index < -0.39 is 6.10 Å². The van der Waals surface area contributed by atoms with Crippen LogP contribution in [-0.4, -0.2) is 25.1 Å². The molecule has 108 valence electrons. The van der Waals surface area contributed by atoms with Crippen LogP contribution >= 0.6 is 0 Å². The SMILES string of the molecule is CCc1nnc(Cn2cc(C(O)c3ccccc3)cn2)o1. The van der Waals surface area contributed by atoms with E-state index in [2.05, 4.69) is 15.3 Å². The topological polar surface area (TPSA) is 77.0 Å². The summed E-state index contributed by atoms with van der Waals surface area (Å²) in [4.78, 5) is 0. The Morgan fingerprint density at radius 2 is 1.90 bits per heavy atom. The lowest BCUT2D eigenvalue weighted by Crippen LogP contribution is -2.01. The Morgan fingerprint density at radius 3 is 2.62 bits per heavy atom.